The minimum atomic E-state index is 0.0664. The molecule has 102 valence electrons. The van der Waals surface area contributed by atoms with E-state index in [0.717, 1.165) is 22.5 Å². The van der Waals surface area contributed by atoms with Crippen LogP contribution in [-0.4, -0.2) is 12.5 Å². The van der Waals surface area contributed by atoms with Gasteiger partial charge in [0.1, 0.15) is 0 Å². The fourth-order valence-electron chi connectivity index (χ4n) is 2.35. The normalized spacial score (nSPS) is 10.1. The maximum absolute atomic E-state index is 9.19. The van der Waals surface area contributed by atoms with Crippen LogP contribution in [0.2, 0.25) is 0 Å². The van der Waals surface area contributed by atoms with Gasteiger partial charge < -0.3 is 9.92 Å². The first-order valence-corrected chi connectivity index (χ1v) is 6.98. The Balaban J connectivity index is 2.07. The Labute approximate surface area is 125 Å². The quantitative estimate of drug-likeness (QED) is 0.738. The summed E-state index contributed by atoms with van der Waals surface area (Å²) in [4.78, 5) is 2.20. The largest absolute Gasteiger partial charge is 0.449 e. The standard InChI is InChI=1S/C18H16BNO/c21-19-15-11-13-18(14-12-15)20(16-7-3-1-4-8-16)17-9-5-2-6-10-17/h1-14,19,21H. The van der Waals surface area contributed by atoms with Gasteiger partial charge in [0.25, 0.3) is 0 Å². The number of hydrogen-bond acceptors (Lipinski definition) is 2. The summed E-state index contributed by atoms with van der Waals surface area (Å²) in [6, 6.07) is 28.5. The molecule has 0 aliphatic carbocycles. The van der Waals surface area contributed by atoms with Crippen molar-refractivity contribution in [1.29, 1.82) is 0 Å². The van der Waals surface area contributed by atoms with Crippen molar-refractivity contribution in [3.05, 3.63) is 84.9 Å². The molecule has 1 N–H and O–H groups in total. The number of para-hydroxylation sites is 2. The van der Waals surface area contributed by atoms with Crippen molar-refractivity contribution in [1.82, 2.24) is 0 Å². The van der Waals surface area contributed by atoms with Gasteiger partial charge in [-0.1, -0.05) is 54.0 Å². The number of nitrogens with zero attached hydrogens (tertiary/aromatic N) is 1. The maximum Gasteiger partial charge on any atom is 0.304 e. The van der Waals surface area contributed by atoms with Gasteiger partial charge in [-0.2, -0.15) is 0 Å². The van der Waals surface area contributed by atoms with Gasteiger partial charge in [0.15, 0.2) is 0 Å². The molecule has 0 amide bonds. The molecule has 2 nitrogen and oxygen atoms in total. The van der Waals surface area contributed by atoms with Crippen molar-refractivity contribution in [3.8, 4) is 0 Å². The lowest BCUT2D eigenvalue weighted by Crippen LogP contribution is -2.15. The second kappa shape index (κ2) is 6.29. The zero-order valence-corrected chi connectivity index (χ0v) is 11.7. The van der Waals surface area contributed by atoms with Gasteiger partial charge in [-0.05, 0) is 36.4 Å². The topological polar surface area (TPSA) is 23.5 Å². The van der Waals surface area contributed by atoms with Crippen molar-refractivity contribution in [2.75, 3.05) is 4.90 Å². The molecule has 0 aromatic heterocycles. The lowest BCUT2D eigenvalue weighted by Gasteiger charge is -2.25. The second-order valence-electron chi connectivity index (χ2n) is 4.83. The summed E-state index contributed by atoms with van der Waals surface area (Å²) in [6.45, 7) is 0. The highest BCUT2D eigenvalue weighted by Gasteiger charge is 2.11. The van der Waals surface area contributed by atoms with Gasteiger partial charge in [0.05, 0.1) is 0 Å². The molecule has 3 aromatic rings. The SMILES string of the molecule is OBc1ccc(N(c2ccccc2)c2ccccc2)cc1. The third-order valence-corrected chi connectivity index (χ3v) is 3.41. The van der Waals surface area contributed by atoms with E-state index in [0.29, 0.717) is 0 Å². The van der Waals surface area contributed by atoms with Gasteiger partial charge in [0, 0.05) is 17.1 Å². The van der Waals surface area contributed by atoms with E-state index in [1.54, 1.807) is 0 Å². The minimum absolute atomic E-state index is 0.0664. The molecule has 0 aliphatic rings. The maximum atomic E-state index is 9.19. The third-order valence-electron chi connectivity index (χ3n) is 3.41. The number of hydrogen-bond donors (Lipinski definition) is 1. The molecule has 0 radical (unpaired) electrons. The summed E-state index contributed by atoms with van der Waals surface area (Å²) in [5, 5.41) is 9.19. The first kappa shape index (κ1) is 13.5. The first-order valence-electron chi connectivity index (χ1n) is 6.98. The van der Waals surface area contributed by atoms with E-state index in [4.69, 9.17) is 0 Å². The summed E-state index contributed by atoms with van der Waals surface area (Å²) in [5.41, 5.74) is 4.21. The summed E-state index contributed by atoms with van der Waals surface area (Å²) in [6.07, 6.45) is 0. The molecule has 0 atom stereocenters. The Bertz CT molecular complexity index is 644. The minimum Gasteiger partial charge on any atom is -0.449 e. The molecule has 0 saturated heterocycles. The molecule has 3 rings (SSSR count). The van der Waals surface area contributed by atoms with Gasteiger partial charge in [-0.15, -0.1) is 0 Å². The van der Waals surface area contributed by atoms with Crippen LogP contribution in [0.4, 0.5) is 17.1 Å². The van der Waals surface area contributed by atoms with E-state index in [2.05, 4.69) is 29.2 Å². The monoisotopic (exact) mass is 273 g/mol. The van der Waals surface area contributed by atoms with Crippen molar-refractivity contribution >= 4 is 30.0 Å². The van der Waals surface area contributed by atoms with Crippen LogP contribution in [0.5, 0.6) is 0 Å². The predicted molar refractivity (Wildman–Crippen MR) is 90.1 cm³/mol. The van der Waals surface area contributed by atoms with Crippen LogP contribution < -0.4 is 10.4 Å². The molecule has 3 heteroatoms. The number of anilines is 3. The Morgan fingerprint density at radius 2 is 1.00 bits per heavy atom. The van der Waals surface area contributed by atoms with E-state index < -0.39 is 0 Å². The van der Waals surface area contributed by atoms with Gasteiger partial charge in [-0.25, -0.2) is 0 Å². The number of benzene rings is 3. The highest BCUT2D eigenvalue weighted by Crippen LogP contribution is 2.33. The molecular weight excluding hydrogens is 257 g/mol. The van der Waals surface area contributed by atoms with E-state index in [9.17, 15) is 5.02 Å². The lowest BCUT2D eigenvalue weighted by molar-refractivity contribution is 0.615. The predicted octanol–water partition coefficient (Wildman–Crippen LogP) is 3.13. The highest BCUT2D eigenvalue weighted by molar-refractivity contribution is 6.45. The van der Waals surface area contributed by atoms with Crippen molar-refractivity contribution in [2.24, 2.45) is 0 Å². The van der Waals surface area contributed by atoms with Crippen LogP contribution in [0.1, 0.15) is 0 Å². The second-order valence-corrected chi connectivity index (χ2v) is 4.83. The highest BCUT2D eigenvalue weighted by atomic mass is 16.2. The summed E-state index contributed by atoms with van der Waals surface area (Å²) < 4.78 is 0. The van der Waals surface area contributed by atoms with Gasteiger partial charge in [-0.3, -0.25) is 0 Å². The van der Waals surface area contributed by atoms with Crippen LogP contribution >= 0.6 is 0 Å². The molecule has 0 aliphatic heterocycles. The summed E-state index contributed by atoms with van der Waals surface area (Å²) in [7, 11) is 0.0664. The molecule has 21 heavy (non-hydrogen) atoms. The average molecular weight is 273 g/mol. The third kappa shape index (κ3) is 2.98. The molecule has 0 bridgehead atoms. The zero-order chi connectivity index (χ0) is 14.5. The summed E-state index contributed by atoms with van der Waals surface area (Å²) in [5.74, 6) is 0. The van der Waals surface area contributed by atoms with Crippen LogP contribution in [0, 0.1) is 0 Å². The van der Waals surface area contributed by atoms with Crippen molar-refractivity contribution in [3.63, 3.8) is 0 Å². The molecule has 0 saturated carbocycles. The molecule has 3 aromatic carbocycles. The number of rotatable bonds is 4. The summed E-state index contributed by atoms with van der Waals surface area (Å²) >= 11 is 0. The van der Waals surface area contributed by atoms with Crippen LogP contribution in [0.15, 0.2) is 84.9 Å². The van der Waals surface area contributed by atoms with Crippen LogP contribution in [0.25, 0.3) is 0 Å². The molecule has 0 unspecified atom stereocenters. The molecular formula is C18H16BNO. The Morgan fingerprint density at radius 3 is 1.43 bits per heavy atom. The zero-order valence-electron chi connectivity index (χ0n) is 11.7. The molecule has 0 fully saturated rings. The van der Waals surface area contributed by atoms with E-state index in [-0.39, 0.29) is 7.48 Å². The first-order chi connectivity index (χ1) is 10.4. The average Bonchev–Trinajstić information content (AvgIpc) is 2.58. The Hall–Kier alpha value is -2.52. The van der Waals surface area contributed by atoms with Gasteiger partial charge >= 0.3 is 7.48 Å². The lowest BCUT2D eigenvalue weighted by atomic mass is 9.89. The Morgan fingerprint density at radius 1 is 0.571 bits per heavy atom. The fourth-order valence-corrected chi connectivity index (χ4v) is 2.35. The van der Waals surface area contributed by atoms with Crippen LogP contribution in [0.3, 0.4) is 0 Å². The van der Waals surface area contributed by atoms with E-state index in [1.807, 2.05) is 60.7 Å². The van der Waals surface area contributed by atoms with Crippen molar-refractivity contribution < 1.29 is 5.02 Å². The van der Waals surface area contributed by atoms with E-state index in [1.165, 1.54) is 0 Å². The van der Waals surface area contributed by atoms with Gasteiger partial charge in [0.2, 0.25) is 0 Å². The molecule has 0 spiro atoms. The van der Waals surface area contributed by atoms with E-state index >= 15 is 0 Å². The fraction of sp³-hybridized carbons (Fsp3) is 0. The van der Waals surface area contributed by atoms with Crippen LogP contribution in [-0.2, 0) is 0 Å². The Kier molecular flexibility index (Phi) is 4.03. The smallest absolute Gasteiger partial charge is 0.304 e. The van der Waals surface area contributed by atoms with Crippen molar-refractivity contribution in [2.45, 2.75) is 0 Å². The molecule has 0 heterocycles.